The van der Waals surface area contributed by atoms with Crippen molar-refractivity contribution in [2.24, 2.45) is 0 Å². The van der Waals surface area contributed by atoms with Crippen LogP contribution in [0.4, 0.5) is 0 Å². The maximum Gasteiger partial charge on any atom is 0.254 e. The van der Waals surface area contributed by atoms with Gasteiger partial charge >= 0.3 is 0 Å². The van der Waals surface area contributed by atoms with Gasteiger partial charge in [-0.3, -0.25) is 9.69 Å². The average molecular weight is 354 g/mol. The molecule has 138 valence electrons. The number of hydrogen-bond acceptors (Lipinski definition) is 4. The number of carbonyl (C=O) groups is 1. The second-order valence-corrected chi connectivity index (χ2v) is 6.58. The molecule has 1 aliphatic heterocycles. The van der Waals surface area contributed by atoms with Gasteiger partial charge in [0.25, 0.3) is 5.91 Å². The highest BCUT2D eigenvalue weighted by atomic mass is 16.5. The Bertz CT molecular complexity index is 753. The van der Waals surface area contributed by atoms with Crippen LogP contribution in [0.15, 0.2) is 42.5 Å². The van der Waals surface area contributed by atoms with Gasteiger partial charge in [-0.1, -0.05) is 30.3 Å². The standard InChI is InChI=1S/C21H26N2O3/c1-16-13-19(25-2)20(26-3)14-18(16)21(24)23-11-9-22(10-12-23)15-17-7-5-4-6-8-17/h4-8,13-14H,9-12,15H2,1-3H3. The van der Waals surface area contributed by atoms with E-state index in [1.165, 1.54) is 5.56 Å². The maximum atomic E-state index is 13.0. The van der Waals surface area contributed by atoms with Crippen molar-refractivity contribution in [3.63, 3.8) is 0 Å². The molecule has 1 amide bonds. The van der Waals surface area contributed by atoms with Gasteiger partial charge in [0.1, 0.15) is 0 Å². The predicted octanol–water partition coefficient (Wildman–Crippen LogP) is 2.97. The number of piperazine rings is 1. The fourth-order valence-electron chi connectivity index (χ4n) is 3.33. The minimum absolute atomic E-state index is 0.0582. The van der Waals surface area contributed by atoms with Crippen LogP contribution in [0.5, 0.6) is 11.5 Å². The normalized spacial score (nSPS) is 15.0. The molecule has 2 aromatic rings. The maximum absolute atomic E-state index is 13.0. The molecule has 5 heteroatoms. The first-order valence-electron chi connectivity index (χ1n) is 8.90. The van der Waals surface area contributed by atoms with Gasteiger partial charge in [0.15, 0.2) is 11.5 Å². The molecule has 0 radical (unpaired) electrons. The molecule has 1 aliphatic rings. The van der Waals surface area contributed by atoms with Crippen molar-refractivity contribution in [1.82, 2.24) is 9.80 Å². The molecule has 3 rings (SSSR count). The summed E-state index contributed by atoms with van der Waals surface area (Å²) in [6.45, 7) is 6.10. The first-order chi connectivity index (χ1) is 12.6. The molecule has 0 saturated carbocycles. The van der Waals surface area contributed by atoms with Crippen LogP contribution in [-0.4, -0.2) is 56.1 Å². The molecule has 0 bridgehead atoms. The summed E-state index contributed by atoms with van der Waals surface area (Å²) in [4.78, 5) is 17.3. The lowest BCUT2D eigenvalue weighted by Crippen LogP contribution is -2.48. The fourth-order valence-corrected chi connectivity index (χ4v) is 3.33. The average Bonchev–Trinajstić information content (AvgIpc) is 2.68. The molecular formula is C21H26N2O3. The number of methoxy groups -OCH3 is 2. The molecule has 1 saturated heterocycles. The van der Waals surface area contributed by atoms with Crippen molar-refractivity contribution in [1.29, 1.82) is 0 Å². The van der Waals surface area contributed by atoms with E-state index in [1.807, 2.05) is 24.0 Å². The number of rotatable bonds is 5. The van der Waals surface area contributed by atoms with Crippen LogP contribution in [0.2, 0.25) is 0 Å². The fraction of sp³-hybridized carbons (Fsp3) is 0.381. The van der Waals surface area contributed by atoms with Crippen molar-refractivity contribution >= 4 is 5.91 Å². The van der Waals surface area contributed by atoms with Crippen LogP contribution in [-0.2, 0) is 6.54 Å². The number of carbonyl (C=O) groups excluding carboxylic acids is 1. The van der Waals surface area contributed by atoms with E-state index in [0.717, 1.165) is 38.3 Å². The van der Waals surface area contributed by atoms with Crippen LogP contribution in [0.1, 0.15) is 21.5 Å². The van der Waals surface area contributed by atoms with Crippen LogP contribution in [0, 0.1) is 6.92 Å². The summed E-state index contributed by atoms with van der Waals surface area (Å²) in [7, 11) is 3.19. The van der Waals surface area contributed by atoms with E-state index in [9.17, 15) is 4.79 Å². The smallest absolute Gasteiger partial charge is 0.254 e. The first-order valence-corrected chi connectivity index (χ1v) is 8.90. The molecule has 0 unspecified atom stereocenters. The molecule has 0 N–H and O–H groups in total. The lowest BCUT2D eigenvalue weighted by atomic mass is 10.1. The summed E-state index contributed by atoms with van der Waals surface area (Å²) in [6, 6.07) is 14.1. The number of amides is 1. The Morgan fingerprint density at radius 2 is 1.58 bits per heavy atom. The Balaban J connectivity index is 1.65. The van der Waals surface area contributed by atoms with E-state index < -0.39 is 0 Å². The number of hydrogen-bond donors (Lipinski definition) is 0. The van der Waals surface area contributed by atoms with Crippen molar-refractivity contribution in [3.05, 3.63) is 59.2 Å². The number of ether oxygens (including phenoxy) is 2. The highest BCUT2D eigenvalue weighted by Crippen LogP contribution is 2.31. The van der Waals surface area contributed by atoms with E-state index >= 15 is 0 Å². The molecule has 1 heterocycles. The monoisotopic (exact) mass is 354 g/mol. The molecule has 0 aromatic heterocycles. The quantitative estimate of drug-likeness (QED) is 0.828. The third-order valence-electron chi connectivity index (χ3n) is 4.87. The topological polar surface area (TPSA) is 42.0 Å². The minimum Gasteiger partial charge on any atom is -0.493 e. The highest BCUT2D eigenvalue weighted by molar-refractivity contribution is 5.96. The number of benzene rings is 2. The lowest BCUT2D eigenvalue weighted by molar-refractivity contribution is 0.0627. The summed E-state index contributed by atoms with van der Waals surface area (Å²) in [5, 5.41) is 0. The highest BCUT2D eigenvalue weighted by Gasteiger charge is 2.24. The Kier molecular flexibility index (Phi) is 5.78. The third-order valence-corrected chi connectivity index (χ3v) is 4.87. The summed E-state index contributed by atoms with van der Waals surface area (Å²) in [6.07, 6.45) is 0. The van der Waals surface area contributed by atoms with Crippen molar-refractivity contribution < 1.29 is 14.3 Å². The van der Waals surface area contributed by atoms with Crippen molar-refractivity contribution in [2.45, 2.75) is 13.5 Å². The lowest BCUT2D eigenvalue weighted by Gasteiger charge is -2.35. The Labute approximate surface area is 155 Å². The minimum atomic E-state index is 0.0582. The molecule has 0 aliphatic carbocycles. The molecule has 0 spiro atoms. The molecule has 26 heavy (non-hydrogen) atoms. The first kappa shape index (κ1) is 18.3. The number of nitrogens with zero attached hydrogens (tertiary/aromatic N) is 2. The van der Waals surface area contributed by atoms with E-state index in [4.69, 9.17) is 9.47 Å². The molecular weight excluding hydrogens is 328 g/mol. The van der Waals surface area contributed by atoms with Crippen LogP contribution in [0.25, 0.3) is 0 Å². The van der Waals surface area contributed by atoms with Gasteiger partial charge in [0, 0.05) is 38.3 Å². The predicted molar refractivity (Wildman–Crippen MR) is 102 cm³/mol. The van der Waals surface area contributed by atoms with Gasteiger partial charge in [0.05, 0.1) is 14.2 Å². The summed E-state index contributed by atoms with van der Waals surface area (Å²) in [5.41, 5.74) is 2.89. The summed E-state index contributed by atoms with van der Waals surface area (Å²) < 4.78 is 10.7. The van der Waals surface area contributed by atoms with Gasteiger partial charge < -0.3 is 14.4 Å². The second-order valence-electron chi connectivity index (χ2n) is 6.58. The van der Waals surface area contributed by atoms with Gasteiger partial charge in [-0.2, -0.15) is 0 Å². The van der Waals surface area contributed by atoms with Gasteiger partial charge in [-0.15, -0.1) is 0 Å². The van der Waals surface area contributed by atoms with Gasteiger partial charge in [-0.05, 0) is 30.2 Å². The molecule has 1 fully saturated rings. The Morgan fingerprint density at radius 3 is 2.19 bits per heavy atom. The largest absolute Gasteiger partial charge is 0.493 e. The van der Waals surface area contributed by atoms with E-state index in [1.54, 1.807) is 20.3 Å². The SMILES string of the molecule is COc1cc(C)c(C(=O)N2CCN(Cc3ccccc3)CC2)cc1OC. The van der Waals surface area contributed by atoms with E-state index in [2.05, 4.69) is 29.2 Å². The molecule has 5 nitrogen and oxygen atoms in total. The van der Waals surface area contributed by atoms with Crippen LogP contribution >= 0.6 is 0 Å². The summed E-state index contributed by atoms with van der Waals surface area (Å²) >= 11 is 0. The summed E-state index contributed by atoms with van der Waals surface area (Å²) in [5.74, 6) is 1.29. The zero-order valence-electron chi connectivity index (χ0n) is 15.7. The van der Waals surface area contributed by atoms with E-state index in [0.29, 0.717) is 17.1 Å². The van der Waals surface area contributed by atoms with Gasteiger partial charge in [-0.25, -0.2) is 0 Å². The van der Waals surface area contributed by atoms with E-state index in [-0.39, 0.29) is 5.91 Å². The van der Waals surface area contributed by atoms with Crippen molar-refractivity contribution in [3.8, 4) is 11.5 Å². The third kappa shape index (κ3) is 3.99. The zero-order chi connectivity index (χ0) is 18.5. The second kappa shape index (κ2) is 8.23. The van der Waals surface area contributed by atoms with Crippen LogP contribution < -0.4 is 9.47 Å². The Hall–Kier alpha value is -2.53. The molecule has 0 atom stereocenters. The van der Waals surface area contributed by atoms with Gasteiger partial charge in [0.2, 0.25) is 0 Å². The Morgan fingerprint density at radius 1 is 0.962 bits per heavy atom. The number of aryl methyl sites for hydroxylation is 1. The zero-order valence-corrected chi connectivity index (χ0v) is 15.7. The van der Waals surface area contributed by atoms with Crippen LogP contribution in [0.3, 0.4) is 0 Å². The molecule has 2 aromatic carbocycles. The van der Waals surface area contributed by atoms with Crippen molar-refractivity contribution in [2.75, 3.05) is 40.4 Å².